The van der Waals surface area contributed by atoms with E-state index in [0.717, 1.165) is 30.7 Å². The highest BCUT2D eigenvalue weighted by Crippen LogP contribution is 2.23. The molecule has 4 heteroatoms. The second kappa shape index (κ2) is 6.29. The Labute approximate surface area is 122 Å². The lowest BCUT2D eigenvalue weighted by Gasteiger charge is -2.23. The number of hydrogen-bond donors (Lipinski definition) is 1. The average Bonchev–Trinajstić information content (AvgIpc) is 3.13. The number of hydrogen-bond acceptors (Lipinski definition) is 4. The maximum absolute atomic E-state index is 5.79. The highest BCUT2D eigenvalue weighted by atomic mass is 16.3. The van der Waals surface area contributed by atoms with E-state index in [9.17, 15) is 0 Å². The van der Waals surface area contributed by atoms with Crippen molar-refractivity contribution in [1.29, 1.82) is 0 Å². The first-order chi connectivity index (χ1) is 9.76. The second-order valence-electron chi connectivity index (χ2n) is 6.25. The monoisotopic (exact) mass is 277 g/mol. The molecule has 0 aliphatic carbocycles. The van der Waals surface area contributed by atoms with Gasteiger partial charge < -0.3 is 9.73 Å². The maximum atomic E-state index is 5.79. The molecule has 0 amide bonds. The zero-order valence-electron chi connectivity index (χ0n) is 12.8. The van der Waals surface area contributed by atoms with E-state index < -0.39 is 0 Å². The van der Waals surface area contributed by atoms with Crippen LogP contribution in [0.15, 0.2) is 10.5 Å². The molecule has 2 aliphatic heterocycles. The summed E-state index contributed by atoms with van der Waals surface area (Å²) in [6.45, 7) is 9.04. The summed E-state index contributed by atoms with van der Waals surface area (Å²) in [5, 5.41) is 3.15. The predicted molar refractivity (Wildman–Crippen MR) is 80.7 cm³/mol. The predicted octanol–water partition coefficient (Wildman–Crippen LogP) is 1.98. The summed E-state index contributed by atoms with van der Waals surface area (Å²) in [4.78, 5) is 5.28. The Hall–Kier alpha value is -0.840. The van der Waals surface area contributed by atoms with Crippen LogP contribution in [0.2, 0.25) is 0 Å². The van der Waals surface area contributed by atoms with E-state index in [-0.39, 0.29) is 0 Å². The standard InChI is InChI=1S/C16H27N3O/c1-13-14(9-16(20-13)10-17-2)11-18-8-5-15(12-18)19-6-3-4-7-19/h9,15,17H,3-8,10-12H2,1-2H3. The lowest BCUT2D eigenvalue weighted by Crippen LogP contribution is -2.35. The summed E-state index contributed by atoms with van der Waals surface area (Å²) < 4.78 is 5.79. The molecule has 2 fully saturated rings. The van der Waals surface area contributed by atoms with Gasteiger partial charge in [-0.2, -0.15) is 0 Å². The van der Waals surface area contributed by atoms with E-state index >= 15 is 0 Å². The maximum Gasteiger partial charge on any atom is 0.118 e. The van der Waals surface area contributed by atoms with Gasteiger partial charge in [0.1, 0.15) is 11.5 Å². The zero-order chi connectivity index (χ0) is 13.9. The molecule has 0 bridgehead atoms. The topological polar surface area (TPSA) is 31.6 Å². The quantitative estimate of drug-likeness (QED) is 0.892. The largest absolute Gasteiger partial charge is 0.465 e. The Morgan fingerprint density at radius 3 is 2.85 bits per heavy atom. The van der Waals surface area contributed by atoms with E-state index in [1.165, 1.54) is 51.0 Å². The van der Waals surface area contributed by atoms with Crippen LogP contribution in [0.3, 0.4) is 0 Å². The minimum atomic E-state index is 0.793. The van der Waals surface area contributed by atoms with E-state index in [2.05, 4.69) is 28.1 Å². The summed E-state index contributed by atoms with van der Waals surface area (Å²) in [6.07, 6.45) is 4.12. The molecule has 2 saturated heterocycles. The van der Waals surface area contributed by atoms with Gasteiger partial charge >= 0.3 is 0 Å². The molecular weight excluding hydrogens is 250 g/mol. The summed E-state index contributed by atoms with van der Waals surface area (Å²) in [7, 11) is 1.96. The fourth-order valence-electron chi connectivity index (χ4n) is 3.61. The van der Waals surface area contributed by atoms with Crippen molar-refractivity contribution in [3.63, 3.8) is 0 Å². The van der Waals surface area contributed by atoms with Gasteiger partial charge in [0.05, 0.1) is 6.54 Å². The van der Waals surface area contributed by atoms with Gasteiger partial charge in [0.2, 0.25) is 0 Å². The Balaban J connectivity index is 1.56. The van der Waals surface area contributed by atoms with Gasteiger partial charge in [-0.15, -0.1) is 0 Å². The van der Waals surface area contributed by atoms with Crippen molar-refractivity contribution in [2.45, 2.75) is 45.3 Å². The number of furan rings is 1. The van der Waals surface area contributed by atoms with Gasteiger partial charge in [-0.1, -0.05) is 0 Å². The fourth-order valence-corrected chi connectivity index (χ4v) is 3.61. The number of aryl methyl sites for hydroxylation is 1. The smallest absolute Gasteiger partial charge is 0.118 e. The molecular formula is C16H27N3O. The Morgan fingerprint density at radius 2 is 2.10 bits per heavy atom. The van der Waals surface area contributed by atoms with E-state index in [0.29, 0.717) is 0 Å². The highest BCUT2D eigenvalue weighted by Gasteiger charge is 2.29. The number of likely N-dealkylation sites (tertiary alicyclic amines) is 2. The molecule has 1 aromatic heterocycles. The number of rotatable bonds is 5. The zero-order valence-corrected chi connectivity index (χ0v) is 12.8. The normalized spacial score (nSPS) is 24.8. The van der Waals surface area contributed by atoms with Crippen molar-refractivity contribution >= 4 is 0 Å². The molecule has 2 aliphatic rings. The second-order valence-corrected chi connectivity index (χ2v) is 6.25. The first kappa shape index (κ1) is 14.1. The van der Waals surface area contributed by atoms with Crippen LogP contribution in [-0.2, 0) is 13.1 Å². The van der Waals surface area contributed by atoms with Crippen LogP contribution in [0.25, 0.3) is 0 Å². The molecule has 1 N–H and O–H groups in total. The van der Waals surface area contributed by atoms with Crippen LogP contribution in [0.1, 0.15) is 36.3 Å². The third-order valence-corrected chi connectivity index (χ3v) is 4.72. The molecule has 4 nitrogen and oxygen atoms in total. The molecule has 0 saturated carbocycles. The van der Waals surface area contributed by atoms with Crippen molar-refractivity contribution in [3.8, 4) is 0 Å². The molecule has 3 heterocycles. The average molecular weight is 277 g/mol. The molecule has 20 heavy (non-hydrogen) atoms. The molecule has 0 aromatic carbocycles. The van der Waals surface area contributed by atoms with Gasteiger partial charge in [-0.25, -0.2) is 0 Å². The third-order valence-electron chi connectivity index (χ3n) is 4.72. The van der Waals surface area contributed by atoms with Crippen LogP contribution in [0.4, 0.5) is 0 Å². The minimum absolute atomic E-state index is 0.793. The molecule has 112 valence electrons. The van der Waals surface area contributed by atoms with Crippen molar-refractivity contribution < 1.29 is 4.42 Å². The lowest BCUT2D eigenvalue weighted by atomic mass is 10.2. The van der Waals surface area contributed by atoms with Gasteiger partial charge in [-0.3, -0.25) is 9.80 Å². The van der Waals surface area contributed by atoms with Gasteiger partial charge in [-0.05, 0) is 52.4 Å². The first-order valence-electron chi connectivity index (χ1n) is 7.95. The summed E-state index contributed by atoms with van der Waals surface area (Å²) >= 11 is 0. The molecule has 3 rings (SSSR count). The summed E-state index contributed by atoms with van der Waals surface area (Å²) in [5.41, 5.74) is 1.36. The molecule has 1 aromatic rings. The van der Waals surface area contributed by atoms with Crippen molar-refractivity contribution in [3.05, 3.63) is 23.2 Å². The number of nitrogens with one attached hydrogen (secondary N) is 1. The van der Waals surface area contributed by atoms with Crippen molar-refractivity contribution in [2.75, 3.05) is 33.2 Å². The van der Waals surface area contributed by atoms with Crippen LogP contribution >= 0.6 is 0 Å². The fraction of sp³-hybridized carbons (Fsp3) is 0.750. The van der Waals surface area contributed by atoms with E-state index in [1.54, 1.807) is 0 Å². The van der Waals surface area contributed by atoms with Crippen molar-refractivity contribution in [2.24, 2.45) is 0 Å². The van der Waals surface area contributed by atoms with E-state index in [1.807, 2.05) is 7.05 Å². The molecule has 1 atom stereocenters. The number of nitrogens with zero attached hydrogens (tertiary/aromatic N) is 2. The van der Waals surface area contributed by atoms with Gasteiger partial charge in [0.15, 0.2) is 0 Å². The van der Waals surface area contributed by atoms with Gasteiger partial charge in [0, 0.05) is 31.2 Å². The Morgan fingerprint density at radius 1 is 1.30 bits per heavy atom. The Bertz CT molecular complexity index is 437. The SMILES string of the molecule is CNCc1cc(CN2CCC(N3CCCC3)C2)c(C)o1. The molecule has 0 spiro atoms. The van der Waals surface area contributed by atoms with Crippen LogP contribution < -0.4 is 5.32 Å². The molecule has 0 radical (unpaired) electrons. The lowest BCUT2D eigenvalue weighted by molar-refractivity contribution is 0.229. The van der Waals surface area contributed by atoms with Crippen LogP contribution in [0.5, 0.6) is 0 Å². The van der Waals surface area contributed by atoms with Gasteiger partial charge in [0.25, 0.3) is 0 Å². The first-order valence-corrected chi connectivity index (χ1v) is 7.95. The van der Waals surface area contributed by atoms with Crippen LogP contribution in [0, 0.1) is 6.92 Å². The summed E-state index contributed by atoms with van der Waals surface area (Å²) in [5.74, 6) is 2.13. The molecule has 1 unspecified atom stereocenters. The van der Waals surface area contributed by atoms with E-state index in [4.69, 9.17) is 4.42 Å². The third kappa shape index (κ3) is 3.08. The van der Waals surface area contributed by atoms with Crippen LogP contribution in [-0.4, -0.2) is 49.1 Å². The highest BCUT2D eigenvalue weighted by molar-refractivity contribution is 5.21. The van der Waals surface area contributed by atoms with Crippen molar-refractivity contribution in [1.82, 2.24) is 15.1 Å². The minimum Gasteiger partial charge on any atom is -0.465 e. The Kier molecular flexibility index (Phi) is 4.44. The summed E-state index contributed by atoms with van der Waals surface area (Å²) in [6, 6.07) is 3.01.